The number of halogens is 2. The summed E-state index contributed by atoms with van der Waals surface area (Å²) in [6.07, 6.45) is 0. The highest BCUT2D eigenvalue weighted by Crippen LogP contribution is 2.31. The number of methoxy groups -OCH3 is 1. The zero-order chi connectivity index (χ0) is 14.0. The van der Waals surface area contributed by atoms with Crippen LogP contribution in [0.25, 0.3) is 0 Å². The Hall–Kier alpha value is -1.30. The van der Waals surface area contributed by atoms with E-state index in [1.807, 2.05) is 0 Å². The van der Waals surface area contributed by atoms with Gasteiger partial charge < -0.3 is 10.1 Å². The summed E-state index contributed by atoms with van der Waals surface area (Å²) in [5.41, 5.74) is 0.983. The molecule has 0 aliphatic heterocycles. The third-order valence-corrected chi connectivity index (χ3v) is 3.78. The molecule has 0 radical (unpaired) electrons. The predicted octanol–water partition coefficient (Wildman–Crippen LogP) is 4.29. The van der Waals surface area contributed by atoms with Gasteiger partial charge in [-0.2, -0.15) is 0 Å². The van der Waals surface area contributed by atoms with Gasteiger partial charge in [-0.05, 0) is 25.1 Å². The molecule has 2 aromatic rings. The first-order valence-electron chi connectivity index (χ1n) is 5.29. The summed E-state index contributed by atoms with van der Waals surface area (Å²) < 4.78 is 4.65. The van der Waals surface area contributed by atoms with Crippen molar-refractivity contribution in [3.05, 3.63) is 38.8 Å². The third kappa shape index (κ3) is 3.18. The van der Waals surface area contributed by atoms with Gasteiger partial charge in [0.15, 0.2) is 10.8 Å². The second kappa shape index (κ2) is 5.77. The lowest BCUT2D eigenvalue weighted by Gasteiger charge is -2.04. The lowest BCUT2D eigenvalue weighted by atomic mass is 10.3. The standard InChI is InChI=1S/C12H10Cl2N2O2S/c1-6-10(11(17)18-2)16-12(19-6)15-9-4-3-7(13)5-8(9)14/h3-5H,1-2H3,(H,15,16). The molecule has 0 saturated carbocycles. The van der Waals surface area contributed by atoms with Crippen molar-refractivity contribution in [3.63, 3.8) is 0 Å². The minimum atomic E-state index is -0.455. The molecule has 0 saturated heterocycles. The summed E-state index contributed by atoms with van der Waals surface area (Å²) in [4.78, 5) is 16.4. The molecule has 100 valence electrons. The number of aromatic nitrogens is 1. The Morgan fingerprint density at radius 2 is 2.16 bits per heavy atom. The van der Waals surface area contributed by atoms with Gasteiger partial charge >= 0.3 is 5.97 Å². The number of thiazole rings is 1. The van der Waals surface area contributed by atoms with Crippen LogP contribution in [0, 0.1) is 6.92 Å². The summed E-state index contributed by atoms with van der Waals surface area (Å²) in [5, 5.41) is 4.66. The van der Waals surface area contributed by atoms with Gasteiger partial charge in [-0.25, -0.2) is 9.78 Å². The molecule has 0 spiro atoms. The minimum absolute atomic E-state index is 0.306. The fourth-order valence-electron chi connectivity index (χ4n) is 1.44. The molecule has 0 aliphatic rings. The number of rotatable bonds is 3. The van der Waals surface area contributed by atoms with E-state index in [9.17, 15) is 4.79 Å². The van der Waals surface area contributed by atoms with Crippen molar-refractivity contribution in [2.24, 2.45) is 0 Å². The monoisotopic (exact) mass is 316 g/mol. The van der Waals surface area contributed by atoms with Crippen molar-refractivity contribution in [3.8, 4) is 0 Å². The van der Waals surface area contributed by atoms with Crippen molar-refractivity contribution in [2.75, 3.05) is 12.4 Å². The van der Waals surface area contributed by atoms with E-state index in [0.29, 0.717) is 26.6 Å². The van der Waals surface area contributed by atoms with Crippen LogP contribution in [0.4, 0.5) is 10.8 Å². The SMILES string of the molecule is COC(=O)c1nc(Nc2ccc(Cl)cc2Cl)sc1C. The number of hydrogen-bond acceptors (Lipinski definition) is 5. The average Bonchev–Trinajstić information content (AvgIpc) is 2.73. The zero-order valence-corrected chi connectivity index (χ0v) is 12.5. The smallest absolute Gasteiger partial charge is 0.357 e. The fraction of sp³-hybridized carbons (Fsp3) is 0.167. The normalized spacial score (nSPS) is 10.3. The largest absolute Gasteiger partial charge is 0.464 e. The van der Waals surface area contributed by atoms with Gasteiger partial charge in [0.1, 0.15) is 0 Å². The van der Waals surface area contributed by atoms with E-state index in [1.54, 1.807) is 25.1 Å². The van der Waals surface area contributed by atoms with Crippen LogP contribution in [0.2, 0.25) is 10.0 Å². The number of carbonyl (C=O) groups is 1. The lowest BCUT2D eigenvalue weighted by Crippen LogP contribution is -2.03. The molecule has 0 amide bonds. The van der Waals surface area contributed by atoms with Gasteiger partial charge in [0, 0.05) is 9.90 Å². The third-order valence-electron chi connectivity index (χ3n) is 2.35. The maximum Gasteiger partial charge on any atom is 0.357 e. The molecule has 2 rings (SSSR count). The lowest BCUT2D eigenvalue weighted by molar-refractivity contribution is 0.0594. The maximum atomic E-state index is 11.5. The van der Waals surface area contributed by atoms with Crippen LogP contribution >= 0.6 is 34.5 Å². The minimum Gasteiger partial charge on any atom is -0.464 e. The summed E-state index contributed by atoms with van der Waals surface area (Å²) in [6.45, 7) is 1.80. The highest BCUT2D eigenvalue weighted by molar-refractivity contribution is 7.15. The molecular weight excluding hydrogens is 307 g/mol. The first kappa shape index (κ1) is 14.1. The second-order valence-electron chi connectivity index (χ2n) is 3.66. The number of nitrogens with one attached hydrogen (secondary N) is 1. The van der Waals surface area contributed by atoms with Crippen molar-refractivity contribution in [2.45, 2.75) is 6.92 Å². The Labute approximate surface area is 124 Å². The number of benzene rings is 1. The molecule has 1 aromatic heterocycles. The molecule has 7 heteroatoms. The van der Waals surface area contributed by atoms with Crippen molar-refractivity contribution < 1.29 is 9.53 Å². The van der Waals surface area contributed by atoms with Gasteiger partial charge in [-0.3, -0.25) is 0 Å². The number of nitrogens with zero attached hydrogens (tertiary/aromatic N) is 1. The highest BCUT2D eigenvalue weighted by Gasteiger charge is 2.16. The van der Waals surface area contributed by atoms with E-state index in [4.69, 9.17) is 23.2 Å². The van der Waals surface area contributed by atoms with Crippen molar-refractivity contribution in [1.82, 2.24) is 4.98 Å². The number of carbonyl (C=O) groups excluding carboxylic acids is 1. The van der Waals surface area contributed by atoms with E-state index in [-0.39, 0.29) is 0 Å². The van der Waals surface area contributed by atoms with Gasteiger partial charge in [0.25, 0.3) is 0 Å². The molecule has 0 unspecified atom stereocenters. The van der Waals surface area contributed by atoms with Crippen LogP contribution in [0.15, 0.2) is 18.2 Å². The van der Waals surface area contributed by atoms with Crippen molar-refractivity contribution >= 4 is 51.3 Å². The van der Waals surface area contributed by atoms with Crippen LogP contribution in [0.3, 0.4) is 0 Å². The Bertz CT molecular complexity index is 628. The molecule has 19 heavy (non-hydrogen) atoms. The zero-order valence-electron chi connectivity index (χ0n) is 10.2. The highest BCUT2D eigenvalue weighted by atomic mass is 35.5. The Morgan fingerprint density at radius 3 is 2.79 bits per heavy atom. The molecular formula is C12H10Cl2N2O2S. The average molecular weight is 317 g/mol. The van der Waals surface area contributed by atoms with Crippen molar-refractivity contribution in [1.29, 1.82) is 0 Å². The first-order valence-corrected chi connectivity index (χ1v) is 6.86. The van der Waals surface area contributed by atoms with Crippen LogP contribution in [-0.2, 0) is 4.74 Å². The molecule has 1 heterocycles. The first-order chi connectivity index (χ1) is 9.01. The fourth-order valence-corrected chi connectivity index (χ4v) is 2.71. The molecule has 0 bridgehead atoms. The van der Waals surface area contributed by atoms with Crippen LogP contribution in [0.1, 0.15) is 15.4 Å². The maximum absolute atomic E-state index is 11.5. The van der Waals surface area contributed by atoms with E-state index >= 15 is 0 Å². The van der Waals surface area contributed by atoms with Crippen LogP contribution < -0.4 is 5.32 Å². The quantitative estimate of drug-likeness (QED) is 0.858. The van der Waals surface area contributed by atoms with E-state index in [1.165, 1.54) is 18.4 Å². The Kier molecular flexibility index (Phi) is 4.29. The van der Waals surface area contributed by atoms with Gasteiger partial charge in [0.2, 0.25) is 0 Å². The van der Waals surface area contributed by atoms with E-state index in [2.05, 4.69) is 15.0 Å². The molecule has 1 aromatic carbocycles. The summed E-state index contributed by atoms with van der Waals surface area (Å²) >= 11 is 13.2. The summed E-state index contributed by atoms with van der Waals surface area (Å²) in [7, 11) is 1.32. The number of aryl methyl sites for hydroxylation is 1. The van der Waals surface area contributed by atoms with E-state index in [0.717, 1.165) is 4.88 Å². The summed E-state index contributed by atoms with van der Waals surface area (Å²) in [6, 6.07) is 5.10. The molecule has 1 N–H and O–H groups in total. The van der Waals surface area contributed by atoms with Gasteiger partial charge in [0.05, 0.1) is 17.8 Å². The molecule has 0 aliphatic carbocycles. The second-order valence-corrected chi connectivity index (χ2v) is 5.71. The van der Waals surface area contributed by atoms with Gasteiger partial charge in [-0.15, -0.1) is 11.3 Å². The summed E-state index contributed by atoms with van der Waals surface area (Å²) in [5.74, 6) is -0.455. The Morgan fingerprint density at radius 1 is 1.42 bits per heavy atom. The molecule has 0 atom stereocenters. The number of esters is 1. The van der Waals surface area contributed by atoms with Crippen LogP contribution in [-0.4, -0.2) is 18.1 Å². The number of hydrogen-bond donors (Lipinski definition) is 1. The molecule has 4 nitrogen and oxygen atoms in total. The van der Waals surface area contributed by atoms with Gasteiger partial charge in [-0.1, -0.05) is 23.2 Å². The van der Waals surface area contributed by atoms with Crippen LogP contribution in [0.5, 0.6) is 0 Å². The predicted molar refractivity (Wildman–Crippen MR) is 77.9 cm³/mol. The number of anilines is 2. The topological polar surface area (TPSA) is 51.2 Å². The number of ether oxygens (including phenoxy) is 1. The van der Waals surface area contributed by atoms with E-state index < -0.39 is 5.97 Å². The molecule has 0 fully saturated rings. The Balaban J connectivity index is 2.26.